The smallest absolute Gasteiger partial charge is 0.162 e. The van der Waals surface area contributed by atoms with Crippen LogP contribution in [0, 0.1) is 6.92 Å². The first-order valence-electron chi connectivity index (χ1n) is 8.28. The Balaban J connectivity index is 2.45. The highest BCUT2D eigenvalue weighted by Gasteiger charge is 2.37. The Morgan fingerprint density at radius 3 is 2.24 bits per heavy atom. The van der Waals surface area contributed by atoms with Crippen LogP contribution >= 0.6 is 0 Å². The molecule has 1 aliphatic rings. The van der Waals surface area contributed by atoms with E-state index >= 15 is 0 Å². The van der Waals surface area contributed by atoms with Crippen LogP contribution in [-0.4, -0.2) is 16.6 Å². The second-order valence-corrected chi connectivity index (χ2v) is 6.43. The first-order chi connectivity index (χ1) is 10.00. The average Bonchev–Trinajstić information content (AvgIpc) is 2.64. The van der Waals surface area contributed by atoms with Gasteiger partial charge in [-0.3, -0.25) is 0 Å². The Hall–Kier alpha value is -1.16. The molecule has 0 aliphatic heterocycles. The molecule has 1 aromatic rings. The maximum atomic E-state index is 6.22. The van der Waals surface area contributed by atoms with Gasteiger partial charge in [0.15, 0.2) is 5.82 Å². The van der Waals surface area contributed by atoms with Gasteiger partial charge in [-0.25, -0.2) is 9.97 Å². The summed E-state index contributed by atoms with van der Waals surface area (Å²) in [7, 11) is 0. The molecule has 0 aromatic carbocycles. The number of aromatic nitrogens is 2. The standard InChI is InChI=1S/C17H29N3O/c1-5-21-17(10-8-6-7-9-11-17)16-19-13(4)14(12(2)3)15(18)20-16/h12H,5-11H2,1-4H3,(H2,18,19,20). The van der Waals surface area contributed by atoms with E-state index in [-0.39, 0.29) is 5.60 Å². The number of ether oxygens (including phenoxy) is 1. The fourth-order valence-corrected chi connectivity index (χ4v) is 3.53. The first kappa shape index (κ1) is 16.2. The molecule has 2 rings (SSSR count). The van der Waals surface area contributed by atoms with Crippen molar-refractivity contribution in [3.05, 3.63) is 17.1 Å². The summed E-state index contributed by atoms with van der Waals surface area (Å²) in [6.07, 6.45) is 6.89. The van der Waals surface area contributed by atoms with Crippen LogP contribution in [0.5, 0.6) is 0 Å². The van der Waals surface area contributed by atoms with Gasteiger partial charge in [0.25, 0.3) is 0 Å². The quantitative estimate of drug-likeness (QED) is 0.849. The molecule has 4 heteroatoms. The van der Waals surface area contributed by atoms with Crippen molar-refractivity contribution in [3.63, 3.8) is 0 Å². The molecule has 0 saturated heterocycles. The van der Waals surface area contributed by atoms with E-state index in [4.69, 9.17) is 15.5 Å². The predicted molar refractivity (Wildman–Crippen MR) is 86.3 cm³/mol. The van der Waals surface area contributed by atoms with Crippen molar-refractivity contribution >= 4 is 5.82 Å². The summed E-state index contributed by atoms with van der Waals surface area (Å²) in [4.78, 5) is 9.45. The predicted octanol–water partition coefficient (Wildman–Crippen LogP) is 4.08. The molecule has 1 saturated carbocycles. The Labute approximate surface area is 128 Å². The fraction of sp³-hybridized carbons (Fsp3) is 0.765. The summed E-state index contributed by atoms with van der Waals surface area (Å²) in [5.41, 5.74) is 7.95. The summed E-state index contributed by atoms with van der Waals surface area (Å²) in [5.74, 6) is 1.76. The van der Waals surface area contributed by atoms with E-state index in [1.165, 1.54) is 25.7 Å². The number of nitrogens with zero attached hydrogens (tertiary/aromatic N) is 2. The Morgan fingerprint density at radius 2 is 1.76 bits per heavy atom. The van der Waals surface area contributed by atoms with E-state index in [0.29, 0.717) is 18.3 Å². The number of nitrogens with two attached hydrogens (primary N) is 1. The van der Waals surface area contributed by atoms with Gasteiger partial charge in [0, 0.05) is 17.9 Å². The normalized spacial score (nSPS) is 18.7. The number of rotatable bonds is 4. The summed E-state index contributed by atoms with van der Waals surface area (Å²) in [6, 6.07) is 0. The molecule has 0 bridgehead atoms. The molecule has 1 aliphatic carbocycles. The molecule has 21 heavy (non-hydrogen) atoms. The number of nitrogen functional groups attached to an aromatic ring is 1. The average molecular weight is 291 g/mol. The highest BCUT2D eigenvalue weighted by atomic mass is 16.5. The monoisotopic (exact) mass is 291 g/mol. The molecule has 0 atom stereocenters. The van der Waals surface area contributed by atoms with Gasteiger partial charge >= 0.3 is 0 Å². The van der Waals surface area contributed by atoms with Crippen molar-refractivity contribution < 1.29 is 4.74 Å². The summed E-state index contributed by atoms with van der Waals surface area (Å²) in [5, 5.41) is 0. The van der Waals surface area contributed by atoms with E-state index in [1.807, 2.05) is 13.8 Å². The molecule has 1 heterocycles. The van der Waals surface area contributed by atoms with E-state index in [9.17, 15) is 0 Å². The molecule has 2 N–H and O–H groups in total. The van der Waals surface area contributed by atoms with Crippen molar-refractivity contribution in [3.8, 4) is 0 Å². The van der Waals surface area contributed by atoms with Crippen LogP contribution in [0.25, 0.3) is 0 Å². The van der Waals surface area contributed by atoms with Gasteiger partial charge in [0.1, 0.15) is 11.4 Å². The molecule has 118 valence electrons. The van der Waals surface area contributed by atoms with E-state index in [2.05, 4.69) is 18.8 Å². The molecule has 0 spiro atoms. The lowest BCUT2D eigenvalue weighted by Crippen LogP contribution is -2.32. The van der Waals surface area contributed by atoms with Crippen molar-refractivity contribution in [2.45, 2.75) is 77.7 Å². The molecule has 0 radical (unpaired) electrons. The maximum absolute atomic E-state index is 6.22. The van der Waals surface area contributed by atoms with Crippen molar-refractivity contribution in [1.82, 2.24) is 9.97 Å². The van der Waals surface area contributed by atoms with Crippen LogP contribution in [0.15, 0.2) is 0 Å². The summed E-state index contributed by atoms with van der Waals surface area (Å²) >= 11 is 0. The summed E-state index contributed by atoms with van der Waals surface area (Å²) in [6.45, 7) is 9.03. The molecule has 0 unspecified atom stereocenters. The second kappa shape index (κ2) is 6.73. The fourth-order valence-electron chi connectivity index (χ4n) is 3.53. The summed E-state index contributed by atoms with van der Waals surface area (Å²) < 4.78 is 6.17. The van der Waals surface area contributed by atoms with Gasteiger partial charge in [-0.1, -0.05) is 39.5 Å². The van der Waals surface area contributed by atoms with E-state index in [1.54, 1.807) is 0 Å². The number of aryl methyl sites for hydroxylation is 1. The van der Waals surface area contributed by atoms with Crippen LogP contribution in [0.1, 0.15) is 82.3 Å². The van der Waals surface area contributed by atoms with Crippen molar-refractivity contribution in [2.24, 2.45) is 0 Å². The first-order valence-corrected chi connectivity index (χ1v) is 8.28. The van der Waals surface area contributed by atoms with Gasteiger partial charge < -0.3 is 10.5 Å². The Bertz CT molecular complexity index is 454. The van der Waals surface area contributed by atoms with Crippen LogP contribution in [-0.2, 0) is 10.3 Å². The highest BCUT2D eigenvalue weighted by Crippen LogP contribution is 2.39. The zero-order valence-corrected chi connectivity index (χ0v) is 13.9. The third-order valence-corrected chi connectivity index (χ3v) is 4.48. The van der Waals surface area contributed by atoms with Gasteiger partial charge in [0.05, 0.1) is 0 Å². The maximum Gasteiger partial charge on any atom is 0.162 e. The second-order valence-electron chi connectivity index (χ2n) is 6.43. The molecular formula is C17H29N3O. The molecular weight excluding hydrogens is 262 g/mol. The minimum atomic E-state index is -0.334. The number of hydrogen-bond donors (Lipinski definition) is 1. The molecule has 0 amide bonds. The van der Waals surface area contributed by atoms with Gasteiger partial charge in [-0.2, -0.15) is 0 Å². The van der Waals surface area contributed by atoms with Gasteiger partial charge in [0.2, 0.25) is 0 Å². The lowest BCUT2D eigenvalue weighted by Gasteiger charge is -2.32. The number of hydrogen-bond acceptors (Lipinski definition) is 4. The lowest BCUT2D eigenvalue weighted by molar-refractivity contribution is -0.0624. The van der Waals surface area contributed by atoms with Crippen LogP contribution < -0.4 is 5.73 Å². The Morgan fingerprint density at radius 1 is 1.14 bits per heavy atom. The minimum Gasteiger partial charge on any atom is -0.383 e. The van der Waals surface area contributed by atoms with E-state index in [0.717, 1.165) is 29.9 Å². The lowest BCUT2D eigenvalue weighted by atomic mass is 9.92. The van der Waals surface area contributed by atoms with Gasteiger partial charge in [-0.05, 0) is 32.6 Å². The van der Waals surface area contributed by atoms with Crippen LogP contribution in [0.2, 0.25) is 0 Å². The Kier molecular flexibility index (Phi) is 5.20. The molecule has 1 aromatic heterocycles. The largest absolute Gasteiger partial charge is 0.383 e. The SMILES string of the molecule is CCOC1(c2nc(C)c(C(C)C)c(N)n2)CCCCCC1. The third kappa shape index (κ3) is 3.37. The van der Waals surface area contributed by atoms with Crippen LogP contribution in [0.3, 0.4) is 0 Å². The van der Waals surface area contributed by atoms with Gasteiger partial charge in [-0.15, -0.1) is 0 Å². The topological polar surface area (TPSA) is 61.0 Å². The zero-order valence-electron chi connectivity index (χ0n) is 13.9. The highest BCUT2D eigenvalue weighted by molar-refractivity contribution is 5.44. The van der Waals surface area contributed by atoms with Crippen molar-refractivity contribution in [1.29, 1.82) is 0 Å². The number of anilines is 1. The minimum absolute atomic E-state index is 0.334. The molecule has 4 nitrogen and oxygen atoms in total. The van der Waals surface area contributed by atoms with E-state index < -0.39 is 0 Å². The van der Waals surface area contributed by atoms with Crippen LogP contribution in [0.4, 0.5) is 5.82 Å². The third-order valence-electron chi connectivity index (χ3n) is 4.48. The molecule has 1 fully saturated rings. The zero-order chi connectivity index (χ0) is 15.5. The van der Waals surface area contributed by atoms with Crippen molar-refractivity contribution in [2.75, 3.05) is 12.3 Å².